The molecule has 3 N–H and O–H groups in total. The monoisotopic (exact) mass is 223 g/mol. The van der Waals surface area contributed by atoms with Crippen molar-refractivity contribution < 1.29 is 14.3 Å². The summed E-state index contributed by atoms with van der Waals surface area (Å²) in [6.07, 6.45) is 1.45. The molecule has 0 spiro atoms. The van der Waals surface area contributed by atoms with Crippen LogP contribution in [0.1, 0.15) is 17.3 Å². The number of carbonyl (C=O) groups is 2. The fraction of sp³-hybridized carbons (Fsp3) is 0.300. The van der Waals surface area contributed by atoms with Crippen LogP contribution in [0.25, 0.3) is 0 Å². The fourth-order valence-corrected chi connectivity index (χ4v) is 1.05. The van der Waals surface area contributed by atoms with Gasteiger partial charge < -0.3 is 15.8 Å². The third-order valence-electron chi connectivity index (χ3n) is 1.97. The van der Waals surface area contributed by atoms with Gasteiger partial charge in [0.2, 0.25) is 5.91 Å². The quantitative estimate of drug-likeness (QED) is 0.709. The van der Waals surface area contributed by atoms with Crippen molar-refractivity contribution >= 4 is 17.7 Å². The molecule has 0 saturated carbocycles. The van der Waals surface area contributed by atoms with E-state index in [1.165, 1.54) is 25.4 Å². The van der Waals surface area contributed by atoms with Crippen LogP contribution in [0.15, 0.2) is 18.3 Å². The zero-order chi connectivity index (χ0) is 12.1. The molecular formula is C10H13N3O3. The van der Waals surface area contributed by atoms with E-state index < -0.39 is 17.9 Å². The molecule has 16 heavy (non-hydrogen) atoms. The number of methoxy groups -OCH3 is 1. The Labute approximate surface area is 92.8 Å². The number of primary amides is 1. The third-order valence-corrected chi connectivity index (χ3v) is 1.97. The number of pyridine rings is 1. The van der Waals surface area contributed by atoms with E-state index in [-0.39, 0.29) is 0 Å². The van der Waals surface area contributed by atoms with Crippen molar-refractivity contribution in [1.82, 2.24) is 4.98 Å². The number of hydrogen-bond acceptors (Lipinski definition) is 5. The topological polar surface area (TPSA) is 94.3 Å². The number of rotatable bonds is 4. The highest BCUT2D eigenvalue weighted by Crippen LogP contribution is 2.08. The molecule has 0 aromatic carbocycles. The SMILES string of the molecule is COC(=O)c1ccnc(NC(C)C(N)=O)c1. The fourth-order valence-electron chi connectivity index (χ4n) is 1.05. The summed E-state index contributed by atoms with van der Waals surface area (Å²) in [5.41, 5.74) is 5.45. The van der Waals surface area contributed by atoms with E-state index in [9.17, 15) is 9.59 Å². The lowest BCUT2D eigenvalue weighted by molar-refractivity contribution is -0.118. The number of nitrogens with two attached hydrogens (primary N) is 1. The van der Waals surface area contributed by atoms with Crippen LogP contribution in [-0.4, -0.2) is 30.0 Å². The van der Waals surface area contributed by atoms with Crippen LogP contribution in [0.2, 0.25) is 0 Å². The number of esters is 1. The second kappa shape index (κ2) is 5.11. The second-order valence-corrected chi connectivity index (χ2v) is 3.19. The Balaban J connectivity index is 2.82. The van der Waals surface area contributed by atoms with Crippen molar-refractivity contribution in [3.05, 3.63) is 23.9 Å². The summed E-state index contributed by atoms with van der Waals surface area (Å²) in [6, 6.07) is 2.46. The van der Waals surface area contributed by atoms with Crippen molar-refractivity contribution in [2.75, 3.05) is 12.4 Å². The van der Waals surface area contributed by atoms with Gasteiger partial charge in [0.15, 0.2) is 0 Å². The average Bonchev–Trinajstić information content (AvgIpc) is 2.28. The summed E-state index contributed by atoms with van der Waals surface area (Å²) in [6.45, 7) is 1.61. The zero-order valence-corrected chi connectivity index (χ0v) is 9.06. The lowest BCUT2D eigenvalue weighted by Gasteiger charge is -2.10. The summed E-state index contributed by atoms with van der Waals surface area (Å²) >= 11 is 0. The standard InChI is InChI=1S/C10H13N3O3/c1-6(9(11)14)13-8-5-7(3-4-12-8)10(15)16-2/h3-6H,1-2H3,(H2,11,14)(H,12,13). The molecule has 6 heteroatoms. The summed E-state index contributed by atoms with van der Waals surface area (Å²) in [5, 5.41) is 2.77. The molecule has 0 saturated heterocycles. The molecule has 0 bridgehead atoms. The first-order chi connectivity index (χ1) is 7.54. The highest BCUT2D eigenvalue weighted by Gasteiger charge is 2.11. The molecule has 1 aromatic rings. The van der Waals surface area contributed by atoms with Gasteiger partial charge in [-0.3, -0.25) is 4.79 Å². The van der Waals surface area contributed by atoms with Crippen LogP contribution in [-0.2, 0) is 9.53 Å². The molecule has 0 aliphatic carbocycles. The van der Waals surface area contributed by atoms with Crippen molar-refractivity contribution in [2.45, 2.75) is 13.0 Å². The molecule has 1 aromatic heterocycles. The number of ether oxygens (including phenoxy) is 1. The molecule has 0 aliphatic rings. The predicted molar refractivity (Wildman–Crippen MR) is 57.9 cm³/mol. The first-order valence-electron chi connectivity index (χ1n) is 4.65. The molecule has 1 atom stereocenters. The maximum absolute atomic E-state index is 11.2. The van der Waals surface area contributed by atoms with Crippen LogP contribution in [0.3, 0.4) is 0 Å². The number of carbonyl (C=O) groups excluding carboxylic acids is 2. The normalized spacial score (nSPS) is 11.6. The maximum Gasteiger partial charge on any atom is 0.338 e. The summed E-state index contributed by atoms with van der Waals surface area (Å²) in [7, 11) is 1.29. The molecule has 1 heterocycles. The number of aromatic nitrogens is 1. The van der Waals surface area contributed by atoms with E-state index in [1.54, 1.807) is 6.92 Å². The van der Waals surface area contributed by atoms with E-state index in [1.807, 2.05) is 0 Å². The van der Waals surface area contributed by atoms with Gasteiger partial charge in [-0.2, -0.15) is 0 Å². The van der Waals surface area contributed by atoms with Gasteiger partial charge in [-0.1, -0.05) is 0 Å². The van der Waals surface area contributed by atoms with E-state index in [2.05, 4.69) is 15.0 Å². The average molecular weight is 223 g/mol. The van der Waals surface area contributed by atoms with Crippen LogP contribution in [0, 0.1) is 0 Å². The van der Waals surface area contributed by atoms with E-state index in [0.717, 1.165) is 0 Å². The van der Waals surface area contributed by atoms with Gasteiger partial charge in [0.25, 0.3) is 0 Å². The molecule has 0 fully saturated rings. The lowest BCUT2D eigenvalue weighted by Crippen LogP contribution is -2.32. The van der Waals surface area contributed by atoms with E-state index in [4.69, 9.17) is 5.73 Å². The van der Waals surface area contributed by atoms with Gasteiger partial charge >= 0.3 is 5.97 Å². The minimum Gasteiger partial charge on any atom is -0.465 e. The summed E-state index contributed by atoms with van der Waals surface area (Å²) in [5.74, 6) is -0.559. The second-order valence-electron chi connectivity index (χ2n) is 3.19. The molecule has 6 nitrogen and oxygen atoms in total. The third kappa shape index (κ3) is 2.94. The number of anilines is 1. The first kappa shape index (κ1) is 12.0. The van der Waals surface area contributed by atoms with Gasteiger partial charge in [-0.25, -0.2) is 9.78 Å². The summed E-state index contributed by atoms with van der Waals surface area (Å²) in [4.78, 5) is 26.0. The molecule has 0 aliphatic heterocycles. The Hall–Kier alpha value is -2.11. The van der Waals surface area contributed by atoms with E-state index in [0.29, 0.717) is 11.4 Å². The van der Waals surface area contributed by atoms with Crippen LogP contribution < -0.4 is 11.1 Å². The summed E-state index contributed by atoms with van der Waals surface area (Å²) < 4.78 is 4.56. The van der Waals surface area contributed by atoms with Crippen molar-refractivity contribution in [3.8, 4) is 0 Å². The van der Waals surface area contributed by atoms with Gasteiger partial charge in [0.05, 0.1) is 12.7 Å². The van der Waals surface area contributed by atoms with Crippen molar-refractivity contribution in [2.24, 2.45) is 5.73 Å². The zero-order valence-electron chi connectivity index (χ0n) is 9.06. The van der Waals surface area contributed by atoms with Gasteiger partial charge in [0, 0.05) is 6.20 Å². The molecule has 1 rings (SSSR count). The Bertz CT molecular complexity index is 406. The molecule has 1 unspecified atom stereocenters. The van der Waals surface area contributed by atoms with Gasteiger partial charge in [-0.05, 0) is 19.1 Å². The van der Waals surface area contributed by atoms with Gasteiger partial charge in [0.1, 0.15) is 11.9 Å². The van der Waals surface area contributed by atoms with Crippen molar-refractivity contribution in [3.63, 3.8) is 0 Å². The predicted octanol–water partition coefficient (Wildman–Crippen LogP) is 0.154. The molecule has 1 amide bonds. The number of hydrogen-bond donors (Lipinski definition) is 2. The largest absolute Gasteiger partial charge is 0.465 e. The molecule has 0 radical (unpaired) electrons. The van der Waals surface area contributed by atoms with Crippen LogP contribution >= 0.6 is 0 Å². The number of nitrogens with one attached hydrogen (secondary N) is 1. The smallest absolute Gasteiger partial charge is 0.338 e. The highest BCUT2D eigenvalue weighted by atomic mass is 16.5. The Morgan fingerprint density at radius 3 is 2.81 bits per heavy atom. The molecular weight excluding hydrogens is 210 g/mol. The molecule has 86 valence electrons. The maximum atomic E-state index is 11.2. The minimum absolute atomic E-state index is 0.358. The Morgan fingerprint density at radius 2 is 2.25 bits per heavy atom. The van der Waals surface area contributed by atoms with Crippen LogP contribution in [0.5, 0.6) is 0 Å². The Morgan fingerprint density at radius 1 is 1.56 bits per heavy atom. The van der Waals surface area contributed by atoms with E-state index >= 15 is 0 Å². The lowest BCUT2D eigenvalue weighted by atomic mass is 10.2. The number of amides is 1. The first-order valence-corrected chi connectivity index (χ1v) is 4.65. The van der Waals surface area contributed by atoms with Crippen LogP contribution in [0.4, 0.5) is 5.82 Å². The highest BCUT2D eigenvalue weighted by molar-refractivity contribution is 5.90. The van der Waals surface area contributed by atoms with Gasteiger partial charge in [-0.15, -0.1) is 0 Å². The minimum atomic E-state index is -0.555. The van der Waals surface area contributed by atoms with Crippen molar-refractivity contribution in [1.29, 1.82) is 0 Å². The Kier molecular flexibility index (Phi) is 3.82. The number of nitrogens with zero attached hydrogens (tertiary/aromatic N) is 1.